The Balaban J connectivity index is 1.15. The Kier molecular flexibility index (Phi) is 9.69. The third-order valence-corrected chi connectivity index (χ3v) is 8.93. The molecule has 6 rings (SSSR count). The molecule has 0 radical (unpaired) electrons. The zero-order valence-electron chi connectivity index (χ0n) is 26.1. The van der Waals surface area contributed by atoms with Gasteiger partial charge in [0.25, 0.3) is 0 Å². The summed E-state index contributed by atoms with van der Waals surface area (Å²) in [5.41, 5.74) is 3.34. The molecule has 12 nitrogen and oxygen atoms in total. The fraction of sp³-hybridized carbons (Fsp3) is 0.412. The van der Waals surface area contributed by atoms with Gasteiger partial charge in [-0.3, -0.25) is 9.58 Å². The highest BCUT2D eigenvalue weighted by Crippen LogP contribution is 2.31. The summed E-state index contributed by atoms with van der Waals surface area (Å²) in [6, 6.07) is 15.8. The molecule has 3 aromatic heterocycles. The Labute approximate surface area is 269 Å². The molecular weight excluding hydrogens is 580 g/mol. The van der Waals surface area contributed by atoms with Crippen LogP contribution in [0.3, 0.4) is 0 Å². The fourth-order valence-electron chi connectivity index (χ4n) is 6.46. The molecule has 0 spiro atoms. The second kappa shape index (κ2) is 14.4. The van der Waals surface area contributed by atoms with Gasteiger partial charge in [0, 0.05) is 55.7 Å². The molecule has 1 unspecified atom stereocenters. The lowest BCUT2D eigenvalue weighted by Gasteiger charge is -2.37. The van der Waals surface area contributed by atoms with E-state index in [1.165, 1.54) is 0 Å². The quantitative estimate of drug-likeness (QED) is 0.243. The predicted octanol–water partition coefficient (Wildman–Crippen LogP) is 4.63. The average Bonchev–Trinajstić information content (AvgIpc) is 3.55. The van der Waals surface area contributed by atoms with E-state index in [4.69, 9.17) is 9.97 Å². The molecule has 4 aromatic rings. The Hall–Kier alpha value is -5.02. The smallest absolute Gasteiger partial charge is 0.323 e. The second-order valence-corrected chi connectivity index (χ2v) is 12.0. The van der Waals surface area contributed by atoms with Crippen LogP contribution < -0.4 is 20.4 Å². The largest absolute Gasteiger partial charge is 0.394 e. The van der Waals surface area contributed by atoms with Crippen molar-refractivity contribution in [3.05, 3.63) is 78.4 Å². The third kappa shape index (κ3) is 7.10. The first-order valence-electron chi connectivity index (χ1n) is 16.0. The molecule has 12 heteroatoms. The van der Waals surface area contributed by atoms with Gasteiger partial charge in [0.1, 0.15) is 17.5 Å². The van der Waals surface area contributed by atoms with Gasteiger partial charge in [-0.15, -0.1) is 0 Å². The van der Waals surface area contributed by atoms with E-state index in [0.29, 0.717) is 29.7 Å². The summed E-state index contributed by atoms with van der Waals surface area (Å²) in [5.74, 6) is 1.66. The number of nitrogens with one attached hydrogen (secondary N) is 2. The minimum Gasteiger partial charge on any atom is -0.394 e. The van der Waals surface area contributed by atoms with Crippen molar-refractivity contribution in [3.63, 3.8) is 0 Å². The van der Waals surface area contributed by atoms with E-state index in [0.717, 1.165) is 68.2 Å². The molecule has 1 aliphatic carbocycles. The van der Waals surface area contributed by atoms with E-state index in [1.54, 1.807) is 28.2 Å². The standard InChI is InChI=1S/C34H40N10O2/c1-42-22-27(21-39-42)25-10-15-31(36-19-25)44(34(46)38-18-24-7-3-2-4-8-24)29-13-11-28(12-14-29)40-33-37-20-26(17-35)32(41-33)43-16-6-5-9-30(43)23-45/h2-4,7-8,10,15,19-22,28-30,45H,5-6,9,11-14,16,18,23H2,1H3,(H,38,46)(H,37,40,41)/t28-,29+,30?. The summed E-state index contributed by atoms with van der Waals surface area (Å²) >= 11 is 0. The Bertz CT molecular complexity index is 1640. The van der Waals surface area contributed by atoms with Crippen molar-refractivity contribution < 1.29 is 9.90 Å². The number of rotatable bonds is 9. The first-order chi connectivity index (χ1) is 22.5. The summed E-state index contributed by atoms with van der Waals surface area (Å²) in [7, 11) is 1.88. The number of nitrogens with zero attached hydrogens (tertiary/aromatic N) is 8. The zero-order valence-corrected chi connectivity index (χ0v) is 26.1. The molecule has 3 N–H and O–H groups in total. The van der Waals surface area contributed by atoms with Crippen LogP contribution in [0.2, 0.25) is 0 Å². The SMILES string of the molecule is Cn1cc(-c2ccc(N(C(=O)NCc3ccccc3)[C@H]3CC[C@@H](Nc4ncc(C#N)c(N5CCCCC5CO)n4)CC3)nc2)cn1. The van der Waals surface area contributed by atoms with Crippen molar-refractivity contribution in [2.45, 2.75) is 69.6 Å². The lowest BCUT2D eigenvalue weighted by Crippen LogP contribution is -2.49. The number of pyridine rings is 1. The van der Waals surface area contributed by atoms with Crippen molar-refractivity contribution >= 4 is 23.6 Å². The van der Waals surface area contributed by atoms with Gasteiger partial charge < -0.3 is 20.6 Å². The Morgan fingerprint density at radius 2 is 1.85 bits per heavy atom. The lowest BCUT2D eigenvalue weighted by atomic mass is 9.90. The van der Waals surface area contributed by atoms with Crippen LogP contribution in [0.4, 0.5) is 22.4 Å². The minimum atomic E-state index is -0.179. The number of amides is 2. The molecule has 46 heavy (non-hydrogen) atoms. The highest BCUT2D eigenvalue weighted by Gasteiger charge is 2.32. The van der Waals surface area contributed by atoms with E-state index in [-0.39, 0.29) is 30.8 Å². The molecule has 4 heterocycles. The number of piperidine rings is 1. The van der Waals surface area contributed by atoms with Crippen LogP contribution in [0.5, 0.6) is 0 Å². The number of aromatic nitrogens is 5. The van der Waals surface area contributed by atoms with Crippen LogP contribution >= 0.6 is 0 Å². The van der Waals surface area contributed by atoms with Gasteiger partial charge in [-0.05, 0) is 62.6 Å². The monoisotopic (exact) mass is 620 g/mol. The van der Waals surface area contributed by atoms with Crippen LogP contribution in [0, 0.1) is 11.3 Å². The van der Waals surface area contributed by atoms with E-state index in [9.17, 15) is 15.2 Å². The number of benzene rings is 1. The van der Waals surface area contributed by atoms with Crippen LogP contribution in [-0.2, 0) is 13.6 Å². The molecule has 1 saturated carbocycles. The van der Waals surface area contributed by atoms with Gasteiger partial charge in [0.15, 0.2) is 5.82 Å². The number of anilines is 3. The number of aliphatic hydroxyl groups is 1. The number of nitriles is 1. The van der Waals surface area contributed by atoms with Gasteiger partial charge in [0.2, 0.25) is 5.95 Å². The third-order valence-electron chi connectivity index (χ3n) is 8.93. The van der Waals surface area contributed by atoms with Gasteiger partial charge in [-0.1, -0.05) is 30.3 Å². The van der Waals surface area contributed by atoms with Crippen LogP contribution in [0.25, 0.3) is 11.1 Å². The summed E-state index contributed by atoms with van der Waals surface area (Å²) in [4.78, 5) is 31.5. The number of hydrogen-bond acceptors (Lipinski definition) is 9. The first kappa shape index (κ1) is 31.0. The fourth-order valence-corrected chi connectivity index (χ4v) is 6.46. The number of carbonyl (C=O) groups is 1. The molecule has 2 amide bonds. The number of aliphatic hydroxyl groups excluding tert-OH is 1. The normalized spacial score (nSPS) is 19.7. The minimum absolute atomic E-state index is 0.0259. The number of urea groups is 1. The molecule has 1 saturated heterocycles. The maximum absolute atomic E-state index is 13.7. The molecule has 238 valence electrons. The van der Waals surface area contributed by atoms with Crippen molar-refractivity contribution in [2.75, 3.05) is 28.3 Å². The van der Waals surface area contributed by atoms with Crippen molar-refractivity contribution in [2.24, 2.45) is 7.05 Å². The molecular formula is C34H40N10O2. The van der Waals surface area contributed by atoms with E-state index < -0.39 is 0 Å². The van der Waals surface area contributed by atoms with Gasteiger partial charge in [0.05, 0.1) is 25.0 Å². The summed E-state index contributed by atoms with van der Waals surface area (Å²) < 4.78 is 1.75. The summed E-state index contributed by atoms with van der Waals surface area (Å²) in [5, 5.41) is 30.5. The highest BCUT2D eigenvalue weighted by atomic mass is 16.3. The first-order valence-corrected chi connectivity index (χ1v) is 16.0. The average molecular weight is 621 g/mol. The van der Waals surface area contributed by atoms with Gasteiger partial charge in [-0.25, -0.2) is 14.8 Å². The topological polar surface area (TPSA) is 148 Å². The van der Waals surface area contributed by atoms with E-state index in [2.05, 4.69) is 26.8 Å². The molecule has 1 atom stereocenters. The van der Waals surface area contributed by atoms with E-state index in [1.807, 2.05) is 60.6 Å². The van der Waals surface area contributed by atoms with Gasteiger partial charge in [-0.2, -0.15) is 15.3 Å². The maximum atomic E-state index is 13.7. The van der Waals surface area contributed by atoms with Crippen LogP contribution in [0.15, 0.2) is 67.3 Å². The lowest BCUT2D eigenvalue weighted by molar-refractivity contribution is 0.239. The summed E-state index contributed by atoms with van der Waals surface area (Å²) in [6.07, 6.45) is 13.2. The zero-order chi connectivity index (χ0) is 31.9. The second-order valence-electron chi connectivity index (χ2n) is 12.0. The van der Waals surface area contributed by atoms with E-state index >= 15 is 0 Å². The van der Waals surface area contributed by atoms with Gasteiger partial charge >= 0.3 is 6.03 Å². The number of hydrogen-bond donors (Lipinski definition) is 3. The number of carbonyl (C=O) groups excluding carboxylic acids is 1. The Morgan fingerprint density at radius 3 is 2.54 bits per heavy atom. The van der Waals surface area contributed by atoms with Crippen molar-refractivity contribution in [3.8, 4) is 17.2 Å². The molecule has 2 aliphatic rings. The highest BCUT2D eigenvalue weighted by molar-refractivity contribution is 5.91. The number of aryl methyl sites for hydroxylation is 1. The maximum Gasteiger partial charge on any atom is 0.323 e. The summed E-state index contributed by atoms with van der Waals surface area (Å²) in [6.45, 7) is 1.20. The molecule has 0 bridgehead atoms. The Morgan fingerprint density at radius 1 is 1.02 bits per heavy atom. The predicted molar refractivity (Wildman–Crippen MR) is 176 cm³/mol. The van der Waals surface area contributed by atoms with Crippen LogP contribution in [-0.4, -0.2) is 67.1 Å². The van der Waals surface area contributed by atoms with Crippen LogP contribution in [0.1, 0.15) is 56.1 Å². The van der Waals surface area contributed by atoms with Crippen molar-refractivity contribution in [1.82, 2.24) is 30.0 Å². The molecule has 1 aliphatic heterocycles. The molecule has 2 fully saturated rings. The van der Waals surface area contributed by atoms with Crippen molar-refractivity contribution in [1.29, 1.82) is 5.26 Å². The molecule has 1 aromatic carbocycles.